The zero-order chi connectivity index (χ0) is 20.9. The smallest absolute Gasteiger partial charge is 0.359 e. The third-order valence-electron chi connectivity index (χ3n) is 4.08. The van der Waals surface area contributed by atoms with Gasteiger partial charge in [0.15, 0.2) is 22.8 Å². The van der Waals surface area contributed by atoms with E-state index in [1.54, 1.807) is 31.4 Å². The first kappa shape index (κ1) is 19.4. The first-order chi connectivity index (χ1) is 13.7. The van der Waals surface area contributed by atoms with Crippen molar-refractivity contribution in [3.05, 3.63) is 51.4 Å². The number of aryl methyl sites for hydroxylation is 2. The van der Waals surface area contributed by atoms with Crippen molar-refractivity contribution >= 4 is 40.2 Å². The number of thiophene rings is 1. The van der Waals surface area contributed by atoms with E-state index in [4.69, 9.17) is 16.1 Å². The van der Waals surface area contributed by atoms with E-state index < -0.39 is 23.5 Å². The summed E-state index contributed by atoms with van der Waals surface area (Å²) in [6.45, 7) is 3.19. The van der Waals surface area contributed by atoms with Crippen LogP contribution in [0.1, 0.15) is 27.6 Å². The molecule has 4 rings (SSSR count). The molecule has 4 aromatic rings. The van der Waals surface area contributed by atoms with E-state index in [-0.39, 0.29) is 16.4 Å². The Morgan fingerprint density at radius 2 is 2.10 bits per heavy atom. The average Bonchev–Trinajstić information content (AvgIpc) is 3.37. The number of amides is 1. The van der Waals surface area contributed by atoms with Gasteiger partial charge in [-0.05, 0) is 31.4 Å². The zero-order valence-electron chi connectivity index (χ0n) is 14.8. The van der Waals surface area contributed by atoms with Crippen LogP contribution in [0.3, 0.4) is 0 Å². The molecule has 0 aliphatic rings. The fraction of sp³-hybridized carbons (Fsp3) is 0.176. The Hall–Kier alpha value is -2.92. The van der Waals surface area contributed by atoms with Crippen LogP contribution in [0.15, 0.2) is 28.1 Å². The molecule has 4 heterocycles. The molecule has 1 N–H and O–H groups in total. The molecule has 0 spiro atoms. The van der Waals surface area contributed by atoms with Crippen molar-refractivity contribution < 1.29 is 22.5 Å². The van der Waals surface area contributed by atoms with Crippen molar-refractivity contribution in [1.82, 2.24) is 19.8 Å². The van der Waals surface area contributed by atoms with Crippen LogP contribution in [-0.4, -0.2) is 25.7 Å². The number of nitrogens with one attached hydrogen (secondary N) is 1. The summed E-state index contributed by atoms with van der Waals surface area (Å²) < 4.78 is 46.4. The van der Waals surface area contributed by atoms with E-state index in [0.717, 1.165) is 6.07 Å². The highest BCUT2D eigenvalue weighted by Gasteiger charge is 2.37. The predicted molar refractivity (Wildman–Crippen MR) is 100 cm³/mol. The van der Waals surface area contributed by atoms with Crippen LogP contribution < -0.4 is 5.32 Å². The largest absolute Gasteiger partial charge is 0.433 e. The summed E-state index contributed by atoms with van der Waals surface area (Å²) in [5.41, 5.74) is -0.971. The Balaban J connectivity index is 1.87. The lowest BCUT2D eigenvalue weighted by Crippen LogP contribution is -2.16. The Bertz CT molecular complexity index is 1210. The van der Waals surface area contributed by atoms with Gasteiger partial charge in [-0.1, -0.05) is 22.8 Å². The Morgan fingerprint density at radius 3 is 2.69 bits per heavy atom. The van der Waals surface area contributed by atoms with Gasteiger partial charge >= 0.3 is 6.18 Å². The number of rotatable bonds is 3. The van der Waals surface area contributed by atoms with Crippen molar-refractivity contribution in [2.75, 3.05) is 5.32 Å². The van der Waals surface area contributed by atoms with E-state index in [2.05, 4.69) is 20.6 Å². The number of fused-ring (bicyclic) bond motifs is 1. The normalized spacial score (nSPS) is 11.9. The van der Waals surface area contributed by atoms with Gasteiger partial charge in [0.2, 0.25) is 0 Å². The van der Waals surface area contributed by atoms with Crippen LogP contribution in [0.2, 0.25) is 5.02 Å². The van der Waals surface area contributed by atoms with Crippen molar-refractivity contribution in [2.24, 2.45) is 0 Å². The van der Waals surface area contributed by atoms with E-state index in [1.165, 1.54) is 11.3 Å². The molecule has 1 amide bonds. The third kappa shape index (κ3) is 3.36. The summed E-state index contributed by atoms with van der Waals surface area (Å²) in [5.74, 6) is -0.467. The highest BCUT2D eigenvalue weighted by atomic mass is 35.5. The molecule has 0 atom stereocenters. The second-order valence-electron chi connectivity index (χ2n) is 6.05. The molecule has 0 radical (unpaired) electrons. The zero-order valence-corrected chi connectivity index (χ0v) is 16.4. The minimum atomic E-state index is -4.74. The third-order valence-corrected chi connectivity index (χ3v) is 5.32. The van der Waals surface area contributed by atoms with Crippen molar-refractivity contribution in [3.8, 4) is 10.6 Å². The molecule has 0 unspecified atom stereocenters. The van der Waals surface area contributed by atoms with Gasteiger partial charge in [-0.2, -0.15) is 18.3 Å². The van der Waals surface area contributed by atoms with Gasteiger partial charge in [0.1, 0.15) is 16.4 Å². The quantitative estimate of drug-likeness (QED) is 0.484. The van der Waals surface area contributed by atoms with Crippen LogP contribution in [0.4, 0.5) is 18.9 Å². The lowest BCUT2D eigenvalue weighted by atomic mass is 10.2. The molecular formula is C17H11ClF3N5O2S. The molecule has 0 aliphatic carbocycles. The van der Waals surface area contributed by atoms with E-state index in [9.17, 15) is 18.0 Å². The Morgan fingerprint density at radius 1 is 1.34 bits per heavy atom. The minimum absolute atomic E-state index is 0.0827. The number of alkyl halides is 3. The maximum Gasteiger partial charge on any atom is 0.433 e. The summed E-state index contributed by atoms with van der Waals surface area (Å²) in [6, 6.07) is 4.21. The van der Waals surface area contributed by atoms with Gasteiger partial charge < -0.3 is 9.84 Å². The summed E-state index contributed by atoms with van der Waals surface area (Å²) in [6.07, 6.45) is -4.74. The molecule has 12 heteroatoms. The number of nitrogens with zero attached hydrogens (tertiary/aromatic N) is 4. The number of hydrogen-bond acceptors (Lipinski definition) is 6. The van der Waals surface area contributed by atoms with Crippen molar-refractivity contribution in [2.45, 2.75) is 20.0 Å². The van der Waals surface area contributed by atoms with Gasteiger partial charge in [-0.25, -0.2) is 9.50 Å². The van der Waals surface area contributed by atoms with Gasteiger partial charge in [0, 0.05) is 0 Å². The molecule has 0 bridgehead atoms. The van der Waals surface area contributed by atoms with E-state index >= 15 is 0 Å². The number of aromatic nitrogens is 4. The average molecular weight is 442 g/mol. The second kappa shape index (κ2) is 6.85. The maximum atomic E-state index is 13.6. The highest BCUT2D eigenvalue weighted by molar-refractivity contribution is 7.13. The molecule has 0 saturated heterocycles. The van der Waals surface area contributed by atoms with Crippen molar-refractivity contribution in [3.63, 3.8) is 0 Å². The first-order valence-corrected chi connectivity index (χ1v) is 9.37. The lowest BCUT2D eigenvalue weighted by Gasteiger charge is -2.10. The predicted octanol–water partition coefficient (Wildman–Crippen LogP) is 4.99. The van der Waals surface area contributed by atoms with Crippen LogP contribution in [0.25, 0.3) is 16.2 Å². The molecule has 0 fully saturated rings. The SMILES string of the molecule is Cc1noc(C)c1NC(=O)c1nn2c(C(F)(F)F)cc(-c3cccs3)nc2c1Cl. The number of hydrogen-bond donors (Lipinski definition) is 1. The maximum absolute atomic E-state index is 13.6. The fourth-order valence-corrected chi connectivity index (χ4v) is 3.66. The van der Waals surface area contributed by atoms with Gasteiger partial charge in [-0.15, -0.1) is 11.3 Å². The standard InChI is InChI=1S/C17H11ClF3N5O2S/c1-7-13(8(2)28-25-7)23-16(27)14-12(18)15-22-9(10-4-3-5-29-10)6-11(17(19,20)21)26(15)24-14/h3-6H,1-2H3,(H,23,27). The molecule has 0 aliphatic heterocycles. The lowest BCUT2D eigenvalue weighted by molar-refractivity contribution is -0.142. The van der Waals surface area contributed by atoms with Gasteiger partial charge in [0.25, 0.3) is 5.91 Å². The monoisotopic (exact) mass is 441 g/mol. The molecule has 7 nitrogen and oxygen atoms in total. The number of carbonyl (C=O) groups is 1. The molecule has 29 heavy (non-hydrogen) atoms. The molecule has 0 aromatic carbocycles. The number of carbonyl (C=O) groups excluding carboxylic acids is 1. The van der Waals surface area contributed by atoms with E-state index in [0.29, 0.717) is 26.5 Å². The van der Waals surface area contributed by atoms with Gasteiger partial charge in [0.05, 0.1) is 10.6 Å². The number of anilines is 1. The van der Waals surface area contributed by atoms with E-state index in [1.807, 2.05) is 0 Å². The topological polar surface area (TPSA) is 85.3 Å². The summed E-state index contributed by atoms with van der Waals surface area (Å²) in [7, 11) is 0. The second-order valence-corrected chi connectivity index (χ2v) is 7.38. The van der Waals surface area contributed by atoms with Crippen LogP contribution >= 0.6 is 22.9 Å². The summed E-state index contributed by atoms with van der Waals surface area (Å²) in [5, 5.41) is 11.4. The van der Waals surface area contributed by atoms with Gasteiger partial charge in [-0.3, -0.25) is 4.79 Å². The summed E-state index contributed by atoms with van der Waals surface area (Å²) in [4.78, 5) is 17.4. The first-order valence-electron chi connectivity index (χ1n) is 8.11. The molecule has 150 valence electrons. The fourth-order valence-electron chi connectivity index (χ4n) is 2.72. The number of halogens is 4. The van der Waals surface area contributed by atoms with Crippen LogP contribution in [0, 0.1) is 13.8 Å². The summed E-state index contributed by atoms with van der Waals surface area (Å²) >= 11 is 7.45. The van der Waals surface area contributed by atoms with Crippen molar-refractivity contribution in [1.29, 1.82) is 0 Å². The Labute approximate surface area is 170 Å². The highest BCUT2D eigenvalue weighted by Crippen LogP contribution is 2.35. The van der Waals surface area contributed by atoms with Crippen LogP contribution in [-0.2, 0) is 6.18 Å². The minimum Gasteiger partial charge on any atom is -0.359 e. The van der Waals surface area contributed by atoms with Crippen LogP contribution in [0.5, 0.6) is 0 Å². The Kier molecular flexibility index (Phi) is 4.58. The molecular weight excluding hydrogens is 431 g/mol. The molecule has 4 aromatic heterocycles. The molecule has 0 saturated carbocycles.